The van der Waals surface area contributed by atoms with Gasteiger partial charge in [0.15, 0.2) is 0 Å². The molecule has 0 bridgehead atoms. The molecule has 230 valence electrons. The maximum absolute atomic E-state index is 11.2. The predicted molar refractivity (Wildman–Crippen MR) is 164 cm³/mol. The van der Waals surface area contributed by atoms with E-state index in [2.05, 4.69) is 134 Å². The standard InChI is InChI=1S/C30H42N4.6FH.Sb/c1-7-31(8-2)25-13-19-28(20-14-25)34(29-21-15-26(16-22-29)32(9-3)10-4)30-23-17-27(18-24-30)33(11-5)12-6;;;;;;;/h13-24H,7-12H2,1-6H3;6*1H;/q;;;;;;;+5/p-6. The molecule has 0 radical (unpaired) electrons. The van der Waals surface area contributed by atoms with Crippen molar-refractivity contribution < 1.29 is 16.9 Å². The van der Waals surface area contributed by atoms with Gasteiger partial charge >= 0.3 is 36.4 Å². The first-order valence-corrected chi connectivity index (χ1v) is 19.7. The summed E-state index contributed by atoms with van der Waals surface area (Å²) in [6.07, 6.45) is 0. The van der Waals surface area contributed by atoms with Gasteiger partial charge in [-0.3, -0.25) is 0 Å². The zero-order valence-electron chi connectivity index (χ0n) is 24.7. The van der Waals surface area contributed by atoms with Gasteiger partial charge in [-0.25, -0.2) is 0 Å². The Balaban J connectivity index is 0.000000745. The molecular weight excluding hydrogens is 652 g/mol. The van der Waals surface area contributed by atoms with Crippen LogP contribution in [-0.4, -0.2) is 58.7 Å². The first-order valence-electron chi connectivity index (χ1n) is 14.0. The second kappa shape index (κ2) is 13.5. The average Bonchev–Trinajstić information content (AvgIpc) is 2.92. The van der Waals surface area contributed by atoms with Crippen LogP contribution in [0.15, 0.2) is 72.8 Å². The number of benzene rings is 3. The molecule has 3 aromatic carbocycles. The first-order chi connectivity index (χ1) is 19.0. The Morgan fingerprint density at radius 3 is 0.659 bits per heavy atom. The van der Waals surface area contributed by atoms with Gasteiger partial charge in [-0.05, 0) is 114 Å². The van der Waals surface area contributed by atoms with Gasteiger partial charge in [0, 0.05) is 73.4 Å². The molecule has 0 saturated carbocycles. The second-order valence-electron chi connectivity index (χ2n) is 9.36. The summed E-state index contributed by atoms with van der Waals surface area (Å²) < 4.78 is 59.6. The Hall–Kier alpha value is -2.74. The molecule has 0 aliphatic heterocycles. The molecule has 0 heterocycles. The summed E-state index contributed by atoms with van der Waals surface area (Å²) >= 11 is -11.2. The van der Waals surface area contributed by atoms with Gasteiger partial charge < -0.3 is 19.6 Å². The minimum absolute atomic E-state index is 1.01. The Labute approximate surface area is 243 Å². The van der Waals surface area contributed by atoms with Gasteiger partial charge in [0.2, 0.25) is 0 Å². The summed E-state index contributed by atoms with van der Waals surface area (Å²) in [5.74, 6) is 0. The van der Waals surface area contributed by atoms with E-state index in [0.29, 0.717) is 0 Å². The van der Waals surface area contributed by atoms with E-state index in [9.17, 15) is 16.9 Å². The van der Waals surface area contributed by atoms with Crippen LogP contribution in [0.25, 0.3) is 0 Å². The minimum atomic E-state index is -11.2. The van der Waals surface area contributed by atoms with Gasteiger partial charge in [-0.2, -0.15) is 0 Å². The van der Waals surface area contributed by atoms with E-state index in [0.717, 1.165) is 39.3 Å². The van der Waals surface area contributed by atoms with E-state index in [1.54, 1.807) is 0 Å². The van der Waals surface area contributed by atoms with Crippen LogP contribution in [0.4, 0.5) is 51.0 Å². The van der Waals surface area contributed by atoms with Crippen LogP contribution >= 0.6 is 0 Å². The Morgan fingerprint density at radius 2 is 0.512 bits per heavy atom. The van der Waals surface area contributed by atoms with Crippen molar-refractivity contribution in [2.24, 2.45) is 0 Å². The summed E-state index contributed by atoms with van der Waals surface area (Å²) in [7, 11) is 0. The summed E-state index contributed by atoms with van der Waals surface area (Å²) in [6, 6.07) is 26.9. The predicted octanol–water partition coefficient (Wildman–Crippen LogP) is 9.84. The van der Waals surface area contributed by atoms with E-state index < -0.39 is 19.5 Å². The monoisotopic (exact) mass is 693 g/mol. The number of rotatable bonds is 12. The van der Waals surface area contributed by atoms with Crippen molar-refractivity contribution in [1.29, 1.82) is 0 Å². The van der Waals surface area contributed by atoms with Crippen LogP contribution in [-0.2, 0) is 0 Å². The number of anilines is 6. The number of nitrogens with zero attached hydrogens (tertiary/aromatic N) is 4. The van der Waals surface area contributed by atoms with E-state index in [1.807, 2.05) is 0 Å². The molecule has 0 atom stereocenters. The molecule has 11 heteroatoms. The van der Waals surface area contributed by atoms with Crippen LogP contribution in [0.2, 0.25) is 0 Å². The zero-order chi connectivity index (χ0) is 30.9. The number of hydrogen-bond acceptors (Lipinski definition) is 4. The fraction of sp³-hybridized carbons (Fsp3) is 0.400. The molecule has 4 nitrogen and oxygen atoms in total. The molecule has 0 N–H and O–H groups in total. The van der Waals surface area contributed by atoms with Gasteiger partial charge in [0.25, 0.3) is 0 Å². The van der Waals surface area contributed by atoms with Gasteiger partial charge in [0.05, 0.1) is 0 Å². The summed E-state index contributed by atoms with van der Waals surface area (Å²) in [5, 5.41) is 0. The SMILES string of the molecule is CCN(CC)c1ccc(N(c2ccc(N(CC)CC)cc2)c2ccc(N(CC)CC)cc2)cc1.[F][Sb-]([F])([F])([F])([F])[F]. The molecule has 3 rings (SSSR count). The van der Waals surface area contributed by atoms with Crippen molar-refractivity contribution in [3.63, 3.8) is 0 Å². The molecule has 0 spiro atoms. The molecule has 0 aromatic heterocycles. The van der Waals surface area contributed by atoms with Crippen LogP contribution in [0.3, 0.4) is 0 Å². The molecule has 0 aliphatic rings. The van der Waals surface area contributed by atoms with E-state index in [4.69, 9.17) is 0 Å². The molecule has 3 aromatic rings. The quantitative estimate of drug-likeness (QED) is 0.138. The third-order valence-electron chi connectivity index (χ3n) is 6.71. The summed E-state index contributed by atoms with van der Waals surface area (Å²) in [4.78, 5) is 9.49. The van der Waals surface area contributed by atoms with Crippen molar-refractivity contribution >= 4 is 53.6 Å². The fourth-order valence-electron chi connectivity index (χ4n) is 4.65. The third kappa shape index (κ3) is 11.6. The molecule has 0 saturated heterocycles. The molecule has 0 fully saturated rings. The fourth-order valence-corrected chi connectivity index (χ4v) is 4.65. The van der Waals surface area contributed by atoms with Crippen molar-refractivity contribution in [3.8, 4) is 0 Å². The number of halogens is 6. The second-order valence-corrected chi connectivity index (χ2v) is 14.8. The van der Waals surface area contributed by atoms with Crippen molar-refractivity contribution in [2.75, 3.05) is 58.9 Å². The molecular formula is C30H42F6N4Sb-. The zero-order valence-corrected chi connectivity index (χ0v) is 27.2. The summed E-state index contributed by atoms with van der Waals surface area (Å²) in [6.45, 7) is 19.3. The van der Waals surface area contributed by atoms with Crippen molar-refractivity contribution in [2.45, 2.75) is 41.5 Å². The Kier molecular flexibility index (Phi) is 11.3. The topological polar surface area (TPSA) is 13.0 Å². The van der Waals surface area contributed by atoms with Gasteiger partial charge in [-0.15, -0.1) is 0 Å². The van der Waals surface area contributed by atoms with E-state index in [1.165, 1.54) is 34.1 Å². The van der Waals surface area contributed by atoms with Crippen LogP contribution in [0.1, 0.15) is 41.5 Å². The van der Waals surface area contributed by atoms with Crippen molar-refractivity contribution in [1.82, 2.24) is 0 Å². The molecule has 0 unspecified atom stereocenters. The van der Waals surface area contributed by atoms with Crippen molar-refractivity contribution in [3.05, 3.63) is 72.8 Å². The Morgan fingerprint density at radius 1 is 0.366 bits per heavy atom. The van der Waals surface area contributed by atoms with E-state index >= 15 is 0 Å². The van der Waals surface area contributed by atoms with Crippen LogP contribution in [0, 0.1) is 0 Å². The first kappa shape index (κ1) is 34.5. The molecule has 0 amide bonds. The normalized spacial score (nSPS) is 12.9. The summed E-state index contributed by atoms with van der Waals surface area (Å²) in [5.41, 5.74) is 7.30. The van der Waals surface area contributed by atoms with E-state index in [-0.39, 0.29) is 0 Å². The third-order valence-corrected chi connectivity index (χ3v) is 6.71. The van der Waals surface area contributed by atoms with Crippen LogP contribution < -0.4 is 19.6 Å². The molecule has 0 aliphatic carbocycles. The molecule has 41 heavy (non-hydrogen) atoms. The number of hydrogen-bond donors (Lipinski definition) is 0. The van der Waals surface area contributed by atoms with Crippen LogP contribution in [0.5, 0.6) is 0 Å². The maximum atomic E-state index is 9.93. The van der Waals surface area contributed by atoms with Gasteiger partial charge in [0.1, 0.15) is 0 Å². The Bertz CT molecular complexity index is 1050. The average molecular weight is 694 g/mol. The van der Waals surface area contributed by atoms with Gasteiger partial charge in [-0.1, -0.05) is 0 Å².